The Morgan fingerprint density at radius 3 is 2.33 bits per heavy atom. The summed E-state index contributed by atoms with van der Waals surface area (Å²) in [6.45, 7) is 5.27. The molecule has 1 aromatic carbocycles. The molecule has 1 amide bonds. The van der Waals surface area contributed by atoms with Gasteiger partial charge in [-0.1, -0.05) is 18.2 Å². The van der Waals surface area contributed by atoms with Gasteiger partial charge in [-0.25, -0.2) is 9.59 Å². The van der Waals surface area contributed by atoms with Crippen molar-refractivity contribution < 1.29 is 28.5 Å². The highest BCUT2D eigenvalue weighted by molar-refractivity contribution is 5.89. The van der Waals surface area contributed by atoms with Gasteiger partial charge in [0.05, 0.1) is 21.3 Å². The summed E-state index contributed by atoms with van der Waals surface area (Å²) in [5, 5.41) is 2.67. The van der Waals surface area contributed by atoms with Gasteiger partial charge in [0.1, 0.15) is 5.60 Å². The Bertz CT molecular complexity index is 736. The van der Waals surface area contributed by atoms with Crippen LogP contribution in [0.5, 0.6) is 11.5 Å². The lowest BCUT2D eigenvalue weighted by molar-refractivity contribution is -0.146. The average molecular weight is 377 g/mol. The summed E-state index contributed by atoms with van der Waals surface area (Å²) in [6.07, 6.45) is 3.17. The van der Waals surface area contributed by atoms with Gasteiger partial charge < -0.3 is 24.3 Å². The number of allylic oxidation sites excluding steroid dienone is 1. The molecule has 27 heavy (non-hydrogen) atoms. The van der Waals surface area contributed by atoms with Crippen LogP contribution in [-0.2, 0) is 14.3 Å². The van der Waals surface area contributed by atoms with Crippen LogP contribution in [-0.4, -0.2) is 44.5 Å². The van der Waals surface area contributed by atoms with E-state index >= 15 is 0 Å². The number of rotatable bonds is 5. The molecular formula is C20H27NO6. The van der Waals surface area contributed by atoms with E-state index < -0.39 is 23.2 Å². The molecule has 0 heterocycles. The fourth-order valence-electron chi connectivity index (χ4n) is 3.04. The standard InChI is InChI=1S/C20H27NO6/c1-19(2,3)27-18(23)21-20(17(22)26-6)10-9-14(12-20)13-7-8-15(24-4)16(11-13)25-5/h7-11,14H,12H2,1-6H3,(H,21,23)/t14-,20+/m0/s1. The smallest absolute Gasteiger partial charge is 0.408 e. The molecule has 1 aromatic rings. The molecule has 0 spiro atoms. The zero-order valence-corrected chi connectivity index (χ0v) is 16.6. The first-order chi connectivity index (χ1) is 12.6. The Morgan fingerprint density at radius 1 is 1.11 bits per heavy atom. The Balaban J connectivity index is 2.25. The number of nitrogens with one attached hydrogen (secondary N) is 1. The van der Waals surface area contributed by atoms with Crippen LogP contribution in [0.15, 0.2) is 30.4 Å². The van der Waals surface area contributed by atoms with E-state index in [1.54, 1.807) is 47.1 Å². The number of hydrogen-bond acceptors (Lipinski definition) is 6. The van der Waals surface area contributed by atoms with Crippen molar-refractivity contribution in [2.75, 3.05) is 21.3 Å². The van der Waals surface area contributed by atoms with Crippen molar-refractivity contribution in [3.05, 3.63) is 35.9 Å². The molecule has 148 valence electrons. The zero-order chi connectivity index (χ0) is 20.2. The topological polar surface area (TPSA) is 83.1 Å². The maximum atomic E-state index is 12.4. The van der Waals surface area contributed by atoms with Crippen molar-refractivity contribution in [3.63, 3.8) is 0 Å². The van der Waals surface area contributed by atoms with Gasteiger partial charge in [-0.15, -0.1) is 0 Å². The van der Waals surface area contributed by atoms with Crippen LogP contribution in [0.25, 0.3) is 0 Å². The van der Waals surface area contributed by atoms with E-state index in [9.17, 15) is 9.59 Å². The van der Waals surface area contributed by atoms with E-state index in [0.717, 1.165) is 5.56 Å². The SMILES string of the molecule is COC(=O)[C@@]1(NC(=O)OC(C)(C)C)C=C[C@H](c2ccc(OC)c(OC)c2)C1. The van der Waals surface area contributed by atoms with Crippen molar-refractivity contribution in [2.24, 2.45) is 0 Å². The number of carbonyl (C=O) groups excluding carboxylic acids is 2. The van der Waals surface area contributed by atoms with Crippen molar-refractivity contribution >= 4 is 12.1 Å². The number of esters is 1. The highest BCUT2D eigenvalue weighted by Gasteiger charge is 2.45. The molecule has 0 bridgehead atoms. The average Bonchev–Trinajstić information content (AvgIpc) is 3.03. The van der Waals surface area contributed by atoms with Crippen LogP contribution < -0.4 is 14.8 Å². The molecule has 7 nitrogen and oxygen atoms in total. The monoisotopic (exact) mass is 377 g/mol. The summed E-state index contributed by atoms with van der Waals surface area (Å²) in [7, 11) is 4.42. The molecule has 2 atom stereocenters. The maximum absolute atomic E-state index is 12.4. The summed E-state index contributed by atoms with van der Waals surface area (Å²) in [5.41, 5.74) is -1.03. The second-order valence-electron chi connectivity index (χ2n) is 7.37. The van der Waals surface area contributed by atoms with E-state index in [4.69, 9.17) is 18.9 Å². The third-order valence-corrected chi connectivity index (χ3v) is 4.26. The summed E-state index contributed by atoms with van der Waals surface area (Å²) in [6, 6.07) is 5.56. The highest BCUT2D eigenvalue weighted by atomic mass is 16.6. The molecule has 0 saturated carbocycles. The Kier molecular flexibility index (Phi) is 6.03. The number of carbonyl (C=O) groups is 2. The minimum Gasteiger partial charge on any atom is -0.493 e. The number of alkyl carbamates (subject to hydrolysis) is 1. The van der Waals surface area contributed by atoms with Gasteiger partial charge in [0.15, 0.2) is 17.0 Å². The first-order valence-electron chi connectivity index (χ1n) is 8.65. The largest absolute Gasteiger partial charge is 0.493 e. The van der Waals surface area contributed by atoms with Crippen molar-refractivity contribution in [2.45, 2.75) is 44.2 Å². The molecule has 0 fully saturated rings. The Hall–Kier alpha value is -2.70. The fourth-order valence-corrected chi connectivity index (χ4v) is 3.04. The first kappa shape index (κ1) is 20.6. The summed E-state index contributed by atoms with van der Waals surface area (Å²) >= 11 is 0. The number of ether oxygens (including phenoxy) is 4. The number of benzene rings is 1. The van der Waals surface area contributed by atoms with Gasteiger partial charge >= 0.3 is 12.1 Å². The molecule has 1 N–H and O–H groups in total. The Morgan fingerprint density at radius 2 is 1.78 bits per heavy atom. The van der Waals surface area contributed by atoms with E-state index in [-0.39, 0.29) is 5.92 Å². The van der Waals surface area contributed by atoms with Gasteiger partial charge in [0.25, 0.3) is 0 Å². The lowest BCUT2D eigenvalue weighted by Gasteiger charge is -2.29. The summed E-state index contributed by atoms with van der Waals surface area (Å²) in [5.74, 6) is 0.555. The van der Waals surface area contributed by atoms with Crippen LogP contribution in [0.4, 0.5) is 4.79 Å². The van der Waals surface area contributed by atoms with Crippen molar-refractivity contribution in [1.29, 1.82) is 0 Å². The van der Waals surface area contributed by atoms with Gasteiger partial charge in [-0.3, -0.25) is 0 Å². The lowest BCUT2D eigenvalue weighted by atomic mass is 9.90. The van der Waals surface area contributed by atoms with Crippen molar-refractivity contribution in [1.82, 2.24) is 5.32 Å². The van der Waals surface area contributed by atoms with Gasteiger partial charge in [-0.2, -0.15) is 0 Å². The van der Waals surface area contributed by atoms with Crippen LogP contribution in [0.3, 0.4) is 0 Å². The molecule has 1 aliphatic rings. The highest BCUT2D eigenvalue weighted by Crippen LogP contribution is 2.39. The third-order valence-electron chi connectivity index (χ3n) is 4.26. The van der Waals surface area contributed by atoms with Crippen LogP contribution in [0, 0.1) is 0 Å². The van der Waals surface area contributed by atoms with E-state index in [0.29, 0.717) is 17.9 Å². The molecule has 0 unspecified atom stereocenters. The van der Waals surface area contributed by atoms with E-state index in [2.05, 4.69) is 5.32 Å². The van der Waals surface area contributed by atoms with Crippen LogP contribution in [0.1, 0.15) is 38.7 Å². The summed E-state index contributed by atoms with van der Waals surface area (Å²) < 4.78 is 20.8. The molecule has 0 aromatic heterocycles. The minimum atomic E-state index is -1.28. The lowest BCUT2D eigenvalue weighted by Crippen LogP contribution is -2.54. The number of hydrogen-bond donors (Lipinski definition) is 1. The quantitative estimate of drug-likeness (QED) is 0.627. The zero-order valence-electron chi connectivity index (χ0n) is 16.6. The van der Waals surface area contributed by atoms with E-state index in [1.165, 1.54) is 7.11 Å². The Labute approximate surface area is 159 Å². The number of amides is 1. The van der Waals surface area contributed by atoms with Gasteiger partial charge in [0, 0.05) is 5.92 Å². The first-order valence-corrected chi connectivity index (χ1v) is 8.65. The molecule has 7 heteroatoms. The molecule has 2 rings (SSSR count). The molecule has 0 aliphatic heterocycles. The molecule has 0 saturated heterocycles. The van der Waals surface area contributed by atoms with Gasteiger partial charge in [-0.05, 0) is 44.9 Å². The predicted octanol–water partition coefficient (Wildman–Crippen LogP) is 3.18. The third kappa shape index (κ3) is 4.72. The van der Waals surface area contributed by atoms with Crippen LogP contribution in [0.2, 0.25) is 0 Å². The number of methoxy groups -OCH3 is 3. The fraction of sp³-hybridized carbons (Fsp3) is 0.500. The minimum absolute atomic E-state index is 0.112. The van der Waals surface area contributed by atoms with Gasteiger partial charge in [0.2, 0.25) is 0 Å². The normalized spacial score (nSPS) is 21.5. The van der Waals surface area contributed by atoms with Crippen molar-refractivity contribution in [3.8, 4) is 11.5 Å². The molecule has 0 radical (unpaired) electrons. The predicted molar refractivity (Wildman–Crippen MR) is 100 cm³/mol. The second-order valence-corrected chi connectivity index (χ2v) is 7.37. The second kappa shape index (κ2) is 7.90. The molecule has 1 aliphatic carbocycles. The summed E-state index contributed by atoms with van der Waals surface area (Å²) in [4.78, 5) is 24.7. The van der Waals surface area contributed by atoms with Crippen LogP contribution >= 0.6 is 0 Å². The molecular weight excluding hydrogens is 350 g/mol. The maximum Gasteiger partial charge on any atom is 0.408 e. The van der Waals surface area contributed by atoms with E-state index in [1.807, 2.05) is 18.2 Å².